The molecule has 0 spiro atoms. The molecule has 6 nitrogen and oxygen atoms in total. The third-order valence-corrected chi connectivity index (χ3v) is 5.31. The summed E-state index contributed by atoms with van der Waals surface area (Å²) in [6.07, 6.45) is 1.07. The molecular formula is C23H27N3O3. The molecule has 152 valence electrons. The van der Waals surface area contributed by atoms with Gasteiger partial charge in [-0.1, -0.05) is 19.1 Å². The Labute approximate surface area is 171 Å². The molecule has 1 aliphatic rings. The molecule has 3 rings (SSSR count). The van der Waals surface area contributed by atoms with Crippen molar-refractivity contribution < 1.29 is 14.4 Å². The highest BCUT2D eigenvalue weighted by Gasteiger charge is 2.35. The molecule has 0 radical (unpaired) electrons. The van der Waals surface area contributed by atoms with Gasteiger partial charge in [0.1, 0.15) is 0 Å². The molecule has 1 fully saturated rings. The van der Waals surface area contributed by atoms with E-state index >= 15 is 0 Å². The van der Waals surface area contributed by atoms with E-state index in [9.17, 15) is 14.4 Å². The average molecular weight is 393 g/mol. The average Bonchev–Trinajstić information content (AvgIpc) is 3.10. The maximum absolute atomic E-state index is 12.7. The first-order valence-electron chi connectivity index (χ1n) is 9.96. The predicted molar refractivity (Wildman–Crippen MR) is 114 cm³/mol. The smallest absolute Gasteiger partial charge is 0.251 e. The molecule has 0 aliphatic carbocycles. The first kappa shape index (κ1) is 20.6. The van der Waals surface area contributed by atoms with Crippen LogP contribution in [0.1, 0.15) is 41.3 Å². The number of carbonyl (C=O) groups excluding carboxylic acids is 3. The highest BCUT2D eigenvalue weighted by molar-refractivity contribution is 6.04. The lowest BCUT2D eigenvalue weighted by molar-refractivity contribution is -0.122. The minimum absolute atomic E-state index is 0.0400. The van der Waals surface area contributed by atoms with Gasteiger partial charge in [-0.2, -0.15) is 0 Å². The van der Waals surface area contributed by atoms with Crippen LogP contribution in [-0.2, 0) is 9.59 Å². The summed E-state index contributed by atoms with van der Waals surface area (Å²) in [5, 5.41) is 5.68. The molecule has 1 heterocycles. The molecule has 1 aliphatic heterocycles. The van der Waals surface area contributed by atoms with Crippen molar-refractivity contribution in [1.29, 1.82) is 0 Å². The van der Waals surface area contributed by atoms with Crippen molar-refractivity contribution >= 4 is 29.1 Å². The van der Waals surface area contributed by atoms with Crippen molar-refractivity contribution in [2.45, 2.75) is 33.6 Å². The van der Waals surface area contributed by atoms with Crippen LogP contribution in [0.2, 0.25) is 0 Å². The van der Waals surface area contributed by atoms with Gasteiger partial charge in [0.25, 0.3) is 5.91 Å². The Morgan fingerprint density at radius 1 is 1.10 bits per heavy atom. The number of amides is 3. The maximum Gasteiger partial charge on any atom is 0.251 e. The van der Waals surface area contributed by atoms with Crippen molar-refractivity contribution in [2.24, 2.45) is 5.92 Å². The van der Waals surface area contributed by atoms with Gasteiger partial charge in [-0.05, 0) is 61.7 Å². The van der Waals surface area contributed by atoms with Crippen LogP contribution in [0.3, 0.4) is 0 Å². The van der Waals surface area contributed by atoms with E-state index in [1.165, 1.54) is 0 Å². The van der Waals surface area contributed by atoms with E-state index < -0.39 is 5.92 Å². The standard InChI is InChI=1S/C23H27N3O3/c1-4-12-24-22(28)17-8-10-19(11-9-17)25-23(29)18-13-21(27)26(14-18)20-7-5-6-15(2)16(20)3/h5-11,18H,4,12-14H2,1-3H3,(H,24,28)(H,25,29)/t18-/m1/s1. The Hall–Kier alpha value is -3.15. The van der Waals surface area contributed by atoms with E-state index in [1.54, 1.807) is 29.2 Å². The molecule has 2 aromatic carbocycles. The van der Waals surface area contributed by atoms with E-state index in [-0.39, 0.29) is 24.1 Å². The molecular weight excluding hydrogens is 366 g/mol. The Morgan fingerprint density at radius 2 is 1.83 bits per heavy atom. The Bertz CT molecular complexity index is 921. The second-order valence-corrected chi connectivity index (χ2v) is 7.45. The molecule has 3 amide bonds. The summed E-state index contributed by atoms with van der Waals surface area (Å²) in [4.78, 5) is 38.9. The van der Waals surface area contributed by atoms with E-state index in [4.69, 9.17) is 0 Å². The molecule has 2 aromatic rings. The number of benzene rings is 2. The Balaban J connectivity index is 1.63. The van der Waals surface area contributed by atoms with Crippen molar-refractivity contribution in [3.8, 4) is 0 Å². The Kier molecular flexibility index (Phi) is 6.32. The zero-order valence-corrected chi connectivity index (χ0v) is 17.1. The normalized spacial score (nSPS) is 16.0. The van der Waals surface area contributed by atoms with Crippen molar-refractivity contribution in [2.75, 3.05) is 23.3 Å². The van der Waals surface area contributed by atoms with Crippen LogP contribution < -0.4 is 15.5 Å². The fraction of sp³-hybridized carbons (Fsp3) is 0.348. The van der Waals surface area contributed by atoms with Crippen LogP contribution in [0, 0.1) is 19.8 Å². The zero-order valence-electron chi connectivity index (χ0n) is 17.1. The van der Waals surface area contributed by atoms with Gasteiger partial charge >= 0.3 is 0 Å². The van der Waals surface area contributed by atoms with E-state index in [2.05, 4.69) is 10.6 Å². The van der Waals surface area contributed by atoms with Crippen LogP contribution in [0.25, 0.3) is 0 Å². The lowest BCUT2D eigenvalue weighted by Gasteiger charge is -2.20. The first-order valence-corrected chi connectivity index (χ1v) is 9.96. The topological polar surface area (TPSA) is 78.5 Å². The van der Waals surface area contributed by atoms with Crippen molar-refractivity contribution in [1.82, 2.24) is 5.32 Å². The number of rotatable bonds is 6. The molecule has 2 N–H and O–H groups in total. The van der Waals surface area contributed by atoms with Gasteiger partial charge in [0, 0.05) is 36.4 Å². The third kappa shape index (κ3) is 4.65. The van der Waals surface area contributed by atoms with Gasteiger partial charge in [0.2, 0.25) is 11.8 Å². The largest absolute Gasteiger partial charge is 0.352 e. The monoisotopic (exact) mass is 393 g/mol. The number of hydrogen-bond acceptors (Lipinski definition) is 3. The highest BCUT2D eigenvalue weighted by Crippen LogP contribution is 2.30. The molecule has 0 bridgehead atoms. The molecule has 1 atom stereocenters. The first-order chi connectivity index (χ1) is 13.9. The number of nitrogens with zero attached hydrogens (tertiary/aromatic N) is 1. The van der Waals surface area contributed by atoms with Crippen molar-refractivity contribution in [3.05, 3.63) is 59.2 Å². The lowest BCUT2D eigenvalue weighted by Crippen LogP contribution is -2.28. The molecule has 0 aromatic heterocycles. The molecule has 29 heavy (non-hydrogen) atoms. The number of carbonyl (C=O) groups is 3. The number of nitrogens with one attached hydrogen (secondary N) is 2. The van der Waals surface area contributed by atoms with Gasteiger partial charge in [-0.15, -0.1) is 0 Å². The molecule has 0 unspecified atom stereocenters. The number of hydrogen-bond donors (Lipinski definition) is 2. The summed E-state index contributed by atoms with van der Waals surface area (Å²) < 4.78 is 0. The summed E-state index contributed by atoms with van der Waals surface area (Å²) in [6, 6.07) is 12.6. The SMILES string of the molecule is CCCNC(=O)c1ccc(NC(=O)[C@@H]2CC(=O)N(c3cccc(C)c3C)C2)cc1. The third-order valence-electron chi connectivity index (χ3n) is 5.31. The van der Waals surface area contributed by atoms with E-state index in [1.807, 2.05) is 39.0 Å². The second-order valence-electron chi connectivity index (χ2n) is 7.45. The quantitative estimate of drug-likeness (QED) is 0.789. The summed E-state index contributed by atoms with van der Waals surface area (Å²) in [7, 11) is 0. The van der Waals surface area contributed by atoms with Crippen LogP contribution in [0.5, 0.6) is 0 Å². The van der Waals surface area contributed by atoms with Crippen LogP contribution in [0.4, 0.5) is 11.4 Å². The maximum atomic E-state index is 12.7. The zero-order chi connectivity index (χ0) is 21.0. The van der Waals surface area contributed by atoms with Crippen LogP contribution in [0.15, 0.2) is 42.5 Å². The van der Waals surface area contributed by atoms with Gasteiger partial charge in [-0.3, -0.25) is 14.4 Å². The van der Waals surface area contributed by atoms with Gasteiger partial charge in [0.05, 0.1) is 5.92 Å². The van der Waals surface area contributed by atoms with Gasteiger partial charge in [0.15, 0.2) is 0 Å². The lowest BCUT2D eigenvalue weighted by atomic mass is 10.1. The molecule has 0 saturated carbocycles. The predicted octanol–water partition coefficient (Wildman–Crippen LogP) is 3.43. The Morgan fingerprint density at radius 3 is 2.52 bits per heavy atom. The van der Waals surface area contributed by atoms with Crippen LogP contribution >= 0.6 is 0 Å². The minimum Gasteiger partial charge on any atom is -0.352 e. The van der Waals surface area contributed by atoms with Crippen LogP contribution in [-0.4, -0.2) is 30.8 Å². The fourth-order valence-corrected chi connectivity index (χ4v) is 3.43. The van der Waals surface area contributed by atoms with Gasteiger partial charge < -0.3 is 15.5 Å². The number of anilines is 2. The second kappa shape index (κ2) is 8.90. The van der Waals surface area contributed by atoms with Crippen molar-refractivity contribution in [3.63, 3.8) is 0 Å². The number of aryl methyl sites for hydroxylation is 1. The minimum atomic E-state index is -0.407. The van der Waals surface area contributed by atoms with Gasteiger partial charge in [-0.25, -0.2) is 0 Å². The summed E-state index contributed by atoms with van der Waals surface area (Å²) in [5.41, 5.74) is 4.20. The highest BCUT2D eigenvalue weighted by atomic mass is 16.2. The summed E-state index contributed by atoms with van der Waals surface area (Å²) in [5.74, 6) is -0.763. The van der Waals surface area contributed by atoms with E-state index in [0.717, 1.165) is 23.2 Å². The fourth-order valence-electron chi connectivity index (χ4n) is 3.43. The molecule has 1 saturated heterocycles. The summed E-state index contributed by atoms with van der Waals surface area (Å²) >= 11 is 0. The summed E-state index contributed by atoms with van der Waals surface area (Å²) in [6.45, 7) is 6.99. The molecule has 6 heteroatoms. The van der Waals surface area contributed by atoms with E-state index in [0.29, 0.717) is 24.3 Å².